The first kappa shape index (κ1) is 21.6. The highest BCUT2D eigenvalue weighted by atomic mass is 16.7. The van der Waals surface area contributed by atoms with E-state index in [0.717, 1.165) is 18.4 Å². The van der Waals surface area contributed by atoms with E-state index in [2.05, 4.69) is 20.8 Å². The van der Waals surface area contributed by atoms with E-state index < -0.39 is 36.7 Å². The second-order valence-corrected chi connectivity index (χ2v) is 7.72. The number of aliphatic carboxylic acids is 1. The lowest BCUT2D eigenvalue weighted by atomic mass is 9.80. The number of carboxylic acid groups (broad SMARTS) is 1. The van der Waals surface area contributed by atoms with E-state index in [1.165, 1.54) is 12.8 Å². The molecule has 0 aromatic heterocycles. The van der Waals surface area contributed by atoms with Crippen LogP contribution in [0.15, 0.2) is 24.3 Å². The highest BCUT2D eigenvalue weighted by Crippen LogP contribution is 2.31. The van der Waals surface area contributed by atoms with Crippen molar-refractivity contribution in [3.05, 3.63) is 29.8 Å². The van der Waals surface area contributed by atoms with E-state index >= 15 is 0 Å². The van der Waals surface area contributed by atoms with Crippen LogP contribution in [0.2, 0.25) is 0 Å². The lowest BCUT2D eigenvalue weighted by molar-refractivity contribution is -0.271. The van der Waals surface area contributed by atoms with Gasteiger partial charge >= 0.3 is 5.97 Å². The molecule has 0 saturated carbocycles. The van der Waals surface area contributed by atoms with Crippen LogP contribution in [0.3, 0.4) is 0 Å². The Morgan fingerprint density at radius 2 is 1.70 bits per heavy atom. The molecule has 1 aliphatic heterocycles. The number of unbranched alkanes of at least 4 members (excludes halogenated alkanes) is 2. The highest BCUT2D eigenvalue weighted by molar-refractivity contribution is 5.73. The zero-order valence-electron chi connectivity index (χ0n) is 16.0. The number of benzene rings is 1. The third-order valence-corrected chi connectivity index (χ3v) is 5.11. The first-order valence-electron chi connectivity index (χ1n) is 9.37. The molecule has 0 spiro atoms. The molecule has 1 fully saturated rings. The van der Waals surface area contributed by atoms with E-state index in [4.69, 9.17) is 14.6 Å². The minimum absolute atomic E-state index is 0.0171. The highest BCUT2D eigenvalue weighted by Gasteiger charge is 2.48. The normalized spacial score (nSPS) is 28.7. The average Bonchev–Trinajstić information content (AvgIpc) is 2.62. The van der Waals surface area contributed by atoms with Crippen molar-refractivity contribution in [3.8, 4) is 5.75 Å². The van der Waals surface area contributed by atoms with Gasteiger partial charge in [-0.25, -0.2) is 4.79 Å². The van der Waals surface area contributed by atoms with Crippen LogP contribution in [0.1, 0.15) is 52.0 Å². The molecular formula is C20H30O7. The first-order chi connectivity index (χ1) is 12.7. The van der Waals surface area contributed by atoms with Gasteiger partial charge in [0.2, 0.25) is 6.29 Å². The topological polar surface area (TPSA) is 116 Å². The molecule has 1 unspecified atom stereocenters. The molecule has 1 heterocycles. The van der Waals surface area contributed by atoms with Gasteiger partial charge in [-0.15, -0.1) is 0 Å². The summed E-state index contributed by atoms with van der Waals surface area (Å²) in [4.78, 5) is 11.1. The van der Waals surface area contributed by atoms with Gasteiger partial charge in [-0.2, -0.15) is 0 Å². The van der Waals surface area contributed by atoms with Gasteiger partial charge in [-0.1, -0.05) is 52.2 Å². The van der Waals surface area contributed by atoms with Crippen molar-refractivity contribution in [2.24, 2.45) is 0 Å². The Labute approximate surface area is 159 Å². The molecule has 4 N–H and O–H groups in total. The number of hydrogen-bond donors (Lipinski definition) is 4. The fraction of sp³-hybridized carbons (Fsp3) is 0.650. The van der Waals surface area contributed by atoms with Crippen LogP contribution in [-0.4, -0.2) is 57.1 Å². The number of hydrogen-bond acceptors (Lipinski definition) is 6. The molecule has 7 nitrogen and oxygen atoms in total. The molecule has 0 bridgehead atoms. The van der Waals surface area contributed by atoms with Crippen molar-refractivity contribution >= 4 is 5.97 Å². The van der Waals surface area contributed by atoms with Gasteiger partial charge < -0.3 is 29.9 Å². The van der Waals surface area contributed by atoms with Gasteiger partial charge in [0, 0.05) is 0 Å². The second kappa shape index (κ2) is 9.01. The lowest BCUT2D eigenvalue weighted by Gasteiger charge is -2.38. The van der Waals surface area contributed by atoms with Gasteiger partial charge in [0.15, 0.2) is 6.10 Å². The Morgan fingerprint density at radius 3 is 2.26 bits per heavy atom. The van der Waals surface area contributed by atoms with Crippen molar-refractivity contribution in [2.75, 3.05) is 0 Å². The molecule has 5 atom stereocenters. The summed E-state index contributed by atoms with van der Waals surface area (Å²) < 4.78 is 10.7. The second-order valence-electron chi connectivity index (χ2n) is 7.72. The predicted molar refractivity (Wildman–Crippen MR) is 98.6 cm³/mol. The maximum Gasteiger partial charge on any atom is 0.335 e. The summed E-state index contributed by atoms with van der Waals surface area (Å²) in [5.74, 6) is -1.06. The average molecular weight is 382 g/mol. The van der Waals surface area contributed by atoms with Crippen molar-refractivity contribution in [3.63, 3.8) is 0 Å². The quantitative estimate of drug-likeness (QED) is 0.507. The molecule has 27 heavy (non-hydrogen) atoms. The zero-order chi connectivity index (χ0) is 20.2. The summed E-state index contributed by atoms with van der Waals surface area (Å²) >= 11 is 0. The summed E-state index contributed by atoms with van der Waals surface area (Å²) in [6.45, 7) is 6.54. The van der Waals surface area contributed by atoms with Crippen LogP contribution in [-0.2, 0) is 14.9 Å². The molecule has 2 rings (SSSR count). The van der Waals surface area contributed by atoms with E-state index in [9.17, 15) is 20.1 Å². The molecule has 7 heteroatoms. The number of carbonyl (C=O) groups is 1. The summed E-state index contributed by atoms with van der Waals surface area (Å²) in [6, 6.07) is 7.30. The molecular weight excluding hydrogens is 352 g/mol. The molecule has 0 aliphatic carbocycles. The first-order valence-corrected chi connectivity index (χ1v) is 9.37. The third kappa shape index (κ3) is 5.19. The Hall–Kier alpha value is -1.67. The maximum absolute atomic E-state index is 11.1. The Kier molecular flexibility index (Phi) is 7.22. The smallest absolute Gasteiger partial charge is 0.335 e. The fourth-order valence-electron chi connectivity index (χ4n) is 3.23. The number of ether oxygens (including phenoxy) is 2. The third-order valence-electron chi connectivity index (χ3n) is 5.11. The van der Waals surface area contributed by atoms with Crippen molar-refractivity contribution in [2.45, 2.75) is 82.6 Å². The molecule has 152 valence electrons. The summed E-state index contributed by atoms with van der Waals surface area (Å²) in [5.41, 5.74) is 1.17. The van der Waals surface area contributed by atoms with Gasteiger partial charge in [-0.3, -0.25) is 0 Å². The van der Waals surface area contributed by atoms with Crippen LogP contribution in [0.5, 0.6) is 5.75 Å². The minimum Gasteiger partial charge on any atom is -0.479 e. The van der Waals surface area contributed by atoms with Crippen LogP contribution < -0.4 is 4.74 Å². The fourth-order valence-corrected chi connectivity index (χ4v) is 3.23. The monoisotopic (exact) mass is 382 g/mol. The summed E-state index contributed by atoms with van der Waals surface area (Å²) in [7, 11) is 0. The van der Waals surface area contributed by atoms with Gasteiger partial charge in [0.1, 0.15) is 24.1 Å². The van der Waals surface area contributed by atoms with Gasteiger partial charge in [0.05, 0.1) is 0 Å². The summed E-state index contributed by atoms with van der Waals surface area (Å²) in [6.07, 6.45) is -3.47. The Balaban J connectivity index is 2.06. The molecule has 1 saturated heterocycles. The van der Waals surface area contributed by atoms with Crippen LogP contribution in [0, 0.1) is 0 Å². The van der Waals surface area contributed by atoms with E-state index in [1.807, 2.05) is 12.1 Å². The largest absolute Gasteiger partial charge is 0.479 e. The van der Waals surface area contributed by atoms with Crippen LogP contribution >= 0.6 is 0 Å². The summed E-state index contributed by atoms with van der Waals surface area (Å²) in [5, 5.41) is 38.6. The lowest BCUT2D eigenvalue weighted by Crippen LogP contribution is -2.61. The van der Waals surface area contributed by atoms with Gasteiger partial charge in [0.25, 0.3) is 0 Å². The number of aliphatic hydroxyl groups excluding tert-OH is 3. The predicted octanol–water partition coefficient (Wildman–Crippen LogP) is 1.82. The SMILES string of the molecule is CCCCCC(C)(C)c1ccc(OC2O[C@H](C(=O)O)[C@@H](O)[C@H](O)[C@H]2O)cc1. The number of rotatable bonds is 8. The molecule has 0 radical (unpaired) electrons. The number of carboxylic acids is 1. The molecule has 0 amide bonds. The minimum atomic E-state index is -1.73. The van der Waals surface area contributed by atoms with E-state index in [0.29, 0.717) is 5.75 Å². The van der Waals surface area contributed by atoms with E-state index in [-0.39, 0.29) is 5.41 Å². The number of aliphatic hydroxyl groups is 3. The van der Waals surface area contributed by atoms with Crippen LogP contribution in [0.25, 0.3) is 0 Å². The maximum atomic E-state index is 11.1. The Morgan fingerprint density at radius 1 is 1.07 bits per heavy atom. The zero-order valence-corrected chi connectivity index (χ0v) is 16.0. The van der Waals surface area contributed by atoms with Crippen molar-refractivity contribution in [1.29, 1.82) is 0 Å². The van der Waals surface area contributed by atoms with E-state index in [1.54, 1.807) is 12.1 Å². The Bertz CT molecular complexity index is 613. The van der Waals surface area contributed by atoms with Crippen molar-refractivity contribution < 1.29 is 34.7 Å². The van der Waals surface area contributed by atoms with Crippen LogP contribution in [0.4, 0.5) is 0 Å². The molecule has 1 aliphatic rings. The molecule has 1 aromatic rings. The standard InChI is InChI=1S/C20H30O7/c1-4-5-6-11-20(2,3)12-7-9-13(10-8-12)26-19-16(23)14(21)15(22)17(27-19)18(24)25/h7-10,14-17,19,21-23H,4-6,11H2,1-3H3,(H,24,25)/t14-,15-,16+,17-,19?/m0/s1. The van der Waals surface area contributed by atoms with Crippen molar-refractivity contribution in [1.82, 2.24) is 0 Å². The molecule has 1 aromatic carbocycles. The van der Waals surface area contributed by atoms with Gasteiger partial charge in [-0.05, 0) is 29.5 Å².